The van der Waals surface area contributed by atoms with E-state index in [4.69, 9.17) is 0 Å². The predicted molar refractivity (Wildman–Crippen MR) is 44.5 cm³/mol. The lowest BCUT2D eigenvalue weighted by Crippen LogP contribution is -2.21. The average Bonchev–Trinajstić information content (AvgIpc) is 1.92. The van der Waals surface area contributed by atoms with Crippen molar-refractivity contribution in [2.45, 2.75) is 22.7 Å². The molecule has 3 fully saturated rings. The molecule has 3 saturated heterocycles. The lowest BCUT2D eigenvalue weighted by atomic mass is 10.2. The molecule has 0 spiro atoms. The van der Waals surface area contributed by atoms with E-state index in [9.17, 15) is 0 Å². The van der Waals surface area contributed by atoms with Gasteiger partial charge in [0.2, 0.25) is 0 Å². The van der Waals surface area contributed by atoms with Gasteiger partial charge in [0.15, 0.2) is 0 Å². The van der Waals surface area contributed by atoms with Gasteiger partial charge in [0.05, 0.1) is 4.58 Å². The highest BCUT2D eigenvalue weighted by atomic mass is 33.1. The van der Waals surface area contributed by atoms with Crippen molar-refractivity contribution in [1.29, 1.82) is 0 Å². The van der Waals surface area contributed by atoms with E-state index < -0.39 is 0 Å². The zero-order valence-electron chi connectivity index (χ0n) is 4.50. The van der Waals surface area contributed by atoms with E-state index >= 15 is 0 Å². The van der Waals surface area contributed by atoms with Gasteiger partial charge in [-0.25, -0.2) is 0 Å². The Bertz CT molecular complexity index is 62.7. The Morgan fingerprint density at radius 2 is 2.12 bits per heavy atom. The minimum absolute atomic E-state index is 0.949. The van der Waals surface area contributed by atoms with E-state index in [1.165, 1.54) is 18.6 Å². The summed E-state index contributed by atoms with van der Waals surface area (Å²) >= 11 is 2.16. The van der Waals surface area contributed by atoms with Crippen molar-refractivity contribution < 1.29 is 0 Å². The van der Waals surface area contributed by atoms with Crippen molar-refractivity contribution in [2.75, 3.05) is 5.75 Å². The van der Waals surface area contributed by atoms with E-state index in [1.807, 2.05) is 0 Å². The van der Waals surface area contributed by atoms with Crippen molar-refractivity contribution >= 4 is 33.3 Å². The third-order valence-corrected chi connectivity index (χ3v) is 7.05. The van der Waals surface area contributed by atoms with Gasteiger partial charge in [-0.05, 0) is 12.8 Å². The average molecular weight is 164 g/mol. The standard InChI is InChI=1S/C5H8S3/c1-2-5-6-3-4(1)7-8-5/h4-5H,1-3H2. The van der Waals surface area contributed by atoms with Crippen LogP contribution in [0.15, 0.2) is 0 Å². The zero-order valence-corrected chi connectivity index (χ0v) is 6.95. The molecule has 0 N–H and O–H groups in total. The molecule has 3 aliphatic heterocycles. The number of hydrogen-bond acceptors (Lipinski definition) is 3. The quantitative estimate of drug-likeness (QED) is 0.505. The van der Waals surface area contributed by atoms with E-state index in [0.29, 0.717) is 0 Å². The summed E-state index contributed by atoms with van der Waals surface area (Å²) in [6, 6.07) is 0. The monoisotopic (exact) mass is 164 g/mol. The van der Waals surface area contributed by atoms with Crippen LogP contribution in [-0.4, -0.2) is 15.6 Å². The van der Waals surface area contributed by atoms with Crippen molar-refractivity contribution in [3.05, 3.63) is 0 Å². The van der Waals surface area contributed by atoms with Crippen LogP contribution in [0.1, 0.15) is 12.8 Å². The topological polar surface area (TPSA) is 0 Å². The van der Waals surface area contributed by atoms with Crippen LogP contribution in [-0.2, 0) is 0 Å². The fourth-order valence-electron chi connectivity index (χ4n) is 0.996. The fourth-order valence-corrected chi connectivity index (χ4v) is 6.38. The Balaban J connectivity index is 2.03. The molecule has 0 aromatic heterocycles. The number of hydrogen-bond donors (Lipinski definition) is 0. The summed E-state index contributed by atoms with van der Waals surface area (Å²) in [5.74, 6) is 1.42. The smallest absolute Gasteiger partial charge is 0.0607 e. The summed E-state index contributed by atoms with van der Waals surface area (Å²) in [6.07, 6.45) is 2.95. The van der Waals surface area contributed by atoms with E-state index in [0.717, 1.165) is 9.83 Å². The summed E-state index contributed by atoms with van der Waals surface area (Å²) in [4.78, 5) is 0. The third-order valence-electron chi connectivity index (χ3n) is 1.49. The van der Waals surface area contributed by atoms with Crippen LogP contribution in [0, 0.1) is 0 Å². The molecule has 0 aromatic carbocycles. The number of rotatable bonds is 0. The lowest BCUT2D eigenvalue weighted by molar-refractivity contribution is 0.759. The lowest BCUT2D eigenvalue weighted by Gasteiger charge is -2.33. The second-order valence-electron chi connectivity index (χ2n) is 2.15. The molecule has 3 heteroatoms. The van der Waals surface area contributed by atoms with Gasteiger partial charge in [0, 0.05) is 11.0 Å². The minimum Gasteiger partial charge on any atom is -0.146 e. The maximum absolute atomic E-state index is 2.16. The van der Waals surface area contributed by atoms with Gasteiger partial charge in [-0.1, -0.05) is 21.6 Å². The first-order valence-electron chi connectivity index (χ1n) is 2.89. The Morgan fingerprint density at radius 3 is 2.25 bits per heavy atom. The highest BCUT2D eigenvalue weighted by Gasteiger charge is 2.28. The first kappa shape index (κ1) is 5.81. The van der Waals surface area contributed by atoms with E-state index in [2.05, 4.69) is 33.3 Å². The van der Waals surface area contributed by atoms with Crippen molar-refractivity contribution in [1.82, 2.24) is 0 Å². The largest absolute Gasteiger partial charge is 0.146 e. The highest BCUT2D eigenvalue weighted by Crippen LogP contribution is 2.51. The van der Waals surface area contributed by atoms with Crippen LogP contribution >= 0.6 is 33.3 Å². The Kier molecular flexibility index (Phi) is 1.71. The molecule has 2 unspecified atom stereocenters. The van der Waals surface area contributed by atoms with Gasteiger partial charge in [-0.3, -0.25) is 0 Å². The molecule has 0 aliphatic carbocycles. The number of fused-ring (bicyclic) bond motifs is 3. The normalized spacial score (nSPS) is 45.0. The SMILES string of the molecule is C1CC2SCC1SS2. The van der Waals surface area contributed by atoms with Gasteiger partial charge >= 0.3 is 0 Å². The second kappa shape index (κ2) is 2.35. The van der Waals surface area contributed by atoms with Gasteiger partial charge in [-0.15, -0.1) is 11.8 Å². The summed E-state index contributed by atoms with van der Waals surface area (Å²) < 4.78 is 0.949. The molecule has 0 saturated carbocycles. The van der Waals surface area contributed by atoms with Crippen molar-refractivity contribution in [3.8, 4) is 0 Å². The zero-order chi connectivity index (χ0) is 5.40. The van der Waals surface area contributed by atoms with Crippen molar-refractivity contribution in [3.63, 3.8) is 0 Å². The van der Waals surface area contributed by atoms with E-state index in [-0.39, 0.29) is 0 Å². The van der Waals surface area contributed by atoms with Crippen LogP contribution in [0.2, 0.25) is 0 Å². The Morgan fingerprint density at radius 1 is 1.12 bits per heavy atom. The van der Waals surface area contributed by atoms with Gasteiger partial charge in [0.1, 0.15) is 0 Å². The maximum Gasteiger partial charge on any atom is 0.0607 e. The van der Waals surface area contributed by atoms with Gasteiger partial charge < -0.3 is 0 Å². The molecule has 2 atom stereocenters. The van der Waals surface area contributed by atoms with Crippen molar-refractivity contribution in [2.24, 2.45) is 0 Å². The molecule has 46 valence electrons. The molecule has 0 aromatic rings. The minimum atomic E-state index is 0.949. The molecule has 0 amide bonds. The Labute approximate surface area is 62.0 Å². The van der Waals surface area contributed by atoms with Gasteiger partial charge in [-0.2, -0.15) is 0 Å². The summed E-state index contributed by atoms with van der Waals surface area (Å²) in [6.45, 7) is 0. The van der Waals surface area contributed by atoms with Crippen LogP contribution in [0.5, 0.6) is 0 Å². The first-order chi connectivity index (χ1) is 3.95. The highest BCUT2D eigenvalue weighted by molar-refractivity contribution is 8.79. The molecule has 0 nitrogen and oxygen atoms in total. The second-order valence-corrected chi connectivity index (χ2v) is 6.46. The van der Waals surface area contributed by atoms with Crippen LogP contribution < -0.4 is 0 Å². The molecule has 3 rings (SSSR count). The van der Waals surface area contributed by atoms with Crippen LogP contribution in [0.25, 0.3) is 0 Å². The third kappa shape index (κ3) is 1.00. The summed E-state index contributed by atoms with van der Waals surface area (Å²) in [7, 11) is 4.20. The van der Waals surface area contributed by atoms with Crippen LogP contribution in [0.3, 0.4) is 0 Å². The van der Waals surface area contributed by atoms with E-state index in [1.54, 1.807) is 0 Å². The predicted octanol–water partition coefficient (Wildman–Crippen LogP) is 2.60. The molecule has 2 bridgehead atoms. The summed E-state index contributed by atoms with van der Waals surface area (Å²) in [5.41, 5.74) is 0. The first-order valence-corrected chi connectivity index (χ1v) is 6.21. The Hall–Kier alpha value is 1.05. The molecular formula is C5H8S3. The summed E-state index contributed by atoms with van der Waals surface area (Å²) in [5, 5.41) is 0.995. The van der Waals surface area contributed by atoms with Gasteiger partial charge in [0.25, 0.3) is 0 Å². The molecule has 0 radical (unpaired) electrons. The van der Waals surface area contributed by atoms with Crippen LogP contribution in [0.4, 0.5) is 0 Å². The number of thioether (sulfide) groups is 1. The molecule has 8 heavy (non-hydrogen) atoms. The molecule has 3 heterocycles. The fraction of sp³-hybridized carbons (Fsp3) is 1.00. The molecule has 3 aliphatic rings. The maximum atomic E-state index is 2.16. The molecular weight excluding hydrogens is 156 g/mol.